The summed E-state index contributed by atoms with van der Waals surface area (Å²) in [6.45, 7) is 3.18. The monoisotopic (exact) mass is 152 g/mol. The van der Waals surface area contributed by atoms with Crippen LogP contribution >= 0.6 is 0 Å². The molecule has 11 heavy (non-hydrogen) atoms. The molecule has 2 nitrogen and oxygen atoms in total. The molecule has 0 unspecified atom stereocenters. The van der Waals surface area contributed by atoms with Crippen LogP contribution in [0.3, 0.4) is 0 Å². The van der Waals surface area contributed by atoms with E-state index in [9.17, 15) is 0 Å². The number of nitrogens with zero attached hydrogens (tertiary/aromatic N) is 1. The predicted octanol–water partition coefficient (Wildman–Crippen LogP) is 2.19. The zero-order chi connectivity index (χ0) is 8.36. The van der Waals surface area contributed by atoms with Crippen molar-refractivity contribution in [3.05, 3.63) is 12.3 Å². The number of allylic oxidation sites excluding steroid dienone is 1. The van der Waals surface area contributed by atoms with Crippen LogP contribution in [0.25, 0.3) is 0 Å². The molecule has 0 saturated carbocycles. The second-order valence-electron chi connectivity index (χ2n) is 2.48. The third-order valence-corrected chi connectivity index (χ3v) is 1.45. The first-order chi connectivity index (χ1) is 5.41. The third-order valence-electron chi connectivity index (χ3n) is 1.45. The molecule has 0 atom stereocenters. The van der Waals surface area contributed by atoms with Gasteiger partial charge in [-0.2, -0.15) is 5.26 Å². The molecule has 62 valence electrons. The second kappa shape index (κ2) is 9.03. The number of hydrogen-bond acceptors (Lipinski definition) is 2. The Kier molecular flexibility index (Phi) is 8.23. The first-order valence-corrected chi connectivity index (χ1v) is 4.19. The molecule has 0 spiro atoms. The van der Waals surface area contributed by atoms with Crippen molar-refractivity contribution in [1.29, 1.82) is 5.26 Å². The Bertz CT molecular complexity index is 133. The summed E-state index contributed by atoms with van der Waals surface area (Å²) < 4.78 is 0. The van der Waals surface area contributed by atoms with Crippen LogP contribution < -0.4 is 5.32 Å². The van der Waals surface area contributed by atoms with Crippen molar-refractivity contribution in [1.82, 2.24) is 5.32 Å². The van der Waals surface area contributed by atoms with E-state index in [1.165, 1.54) is 31.8 Å². The minimum atomic E-state index is 0.984. The zero-order valence-corrected chi connectivity index (χ0v) is 7.14. The Labute approximate surface area is 68.9 Å². The number of nitriles is 1. The van der Waals surface area contributed by atoms with Gasteiger partial charge in [0.1, 0.15) is 0 Å². The summed E-state index contributed by atoms with van der Waals surface area (Å²) in [7, 11) is 0. The molecule has 0 aromatic carbocycles. The minimum Gasteiger partial charge on any atom is -0.390 e. The lowest BCUT2D eigenvalue weighted by Gasteiger charge is -1.98. The van der Waals surface area contributed by atoms with E-state index in [0.29, 0.717) is 0 Å². The van der Waals surface area contributed by atoms with E-state index in [2.05, 4.69) is 12.2 Å². The van der Waals surface area contributed by atoms with Gasteiger partial charge < -0.3 is 5.32 Å². The quantitative estimate of drug-likeness (QED) is 0.468. The van der Waals surface area contributed by atoms with E-state index < -0.39 is 0 Å². The minimum absolute atomic E-state index is 0.984. The molecule has 0 amide bonds. The smallest absolute Gasteiger partial charge is 0.0927 e. The van der Waals surface area contributed by atoms with Crippen molar-refractivity contribution in [3.63, 3.8) is 0 Å². The molecule has 0 rings (SSSR count). The third kappa shape index (κ3) is 9.03. The highest BCUT2D eigenvalue weighted by molar-refractivity contribution is 5.00. The van der Waals surface area contributed by atoms with E-state index >= 15 is 0 Å². The Morgan fingerprint density at radius 2 is 2.18 bits per heavy atom. The van der Waals surface area contributed by atoms with Crippen molar-refractivity contribution < 1.29 is 0 Å². The Morgan fingerprint density at radius 1 is 1.36 bits per heavy atom. The lowest BCUT2D eigenvalue weighted by molar-refractivity contribution is 0.646. The van der Waals surface area contributed by atoms with E-state index in [1.54, 1.807) is 6.20 Å². The number of hydrogen-bond donors (Lipinski definition) is 1. The molecule has 0 aliphatic carbocycles. The first kappa shape index (κ1) is 10.0. The largest absolute Gasteiger partial charge is 0.390 e. The van der Waals surface area contributed by atoms with Crippen molar-refractivity contribution in [2.75, 3.05) is 6.54 Å². The maximum atomic E-state index is 8.13. The summed E-state index contributed by atoms with van der Waals surface area (Å²) >= 11 is 0. The molecule has 0 bridgehead atoms. The molecular formula is C9H16N2. The van der Waals surface area contributed by atoms with Crippen LogP contribution in [0.2, 0.25) is 0 Å². The fourth-order valence-corrected chi connectivity index (χ4v) is 0.833. The second-order valence-corrected chi connectivity index (χ2v) is 2.48. The van der Waals surface area contributed by atoms with Crippen LogP contribution in [-0.4, -0.2) is 6.54 Å². The molecule has 1 N–H and O–H groups in total. The van der Waals surface area contributed by atoms with Crippen molar-refractivity contribution in [3.8, 4) is 6.07 Å². The van der Waals surface area contributed by atoms with Gasteiger partial charge in [-0.15, -0.1) is 0 Å². The van der Waals surface area contributed by atoms with Gasteiger partial charge in [-0.05, 0) is 6.42 Å². The molecular weight excluding hydrogens is 136 g/mol. The Hall–Kier alpha value is -0.970. The standard InChI is InChI=1S/C9H16N2/c1-2-3-4-5-8-11-9-6-7-10/h6,9,11H,2-5,8H2,1H3. The van der Waals surface area contributed by atoms with Gasteiger partial charge in [0.05, 0.1) is 6.07 Å². The van der Waals surface area contributed by atoms with Gasteiger partial charge in [0.2, 0.25) is 0 Å². The molecule has 0 heterocycles. The van der Waals surface area contributed by atoms with E-state index in [1.807, 2.05) is 6.07 Å². The molecule has 0 aliphatic rings. The average Bonchev–Trinajstić information content (AvgIpc) is 2.03. The van der Waals surface area contributed by atoms with Crippen molar-refractivity contribution in [2.24, 2.45) is 0 Å². The van der Waals surface area contributed by atoms with Crippen LogP contribution in [0.4, 0.5) is 0 Å². The van der Waals surface area contributed by atoms with E-state index in [-0.39, 0.29) is 0 Å². The predicted molar refractivity (Wildman–Crippen MR) is 46.9 cm³/mol. The summed E-state index contributed by atoms with van der Waals surface area (Å²) in [6, 6.07) is 1.93. The number of unbranched alkanes of at least 4 members (excludes halogenated alkanes) is 3. The van der Waals surface area contributed by atoms with Crippen LogP contribution in [0, 0.1) is 11.3 Å². The summed E-state index contributed by atoms with van der Waals surface area (Å²) in [5, 5.41) is 11.2. The SMILES string of the molecule is CCCCCCNC=CC#N. The molecule has 0 saturated heterocycles. The number of rotatable bonds is 6. The van der Waals surface area contributed by atoms with Gasteiger partial charge in [0, 0.05) is 18.8 Å². The zero-order valence-electron chi connectivity index (χ0n) is 7.14. The van der Waals surface area contributed by atoms with Crippen molar-refractivity contribution in [2.45, 2.75) is 32.6 Å². The normalized spacial score (nSPS) is 9.82. The van der Waals surface area contributed by atoms with Gasteiger partial charge in [0.15, 0.2) is 0 Å². The first-order valence-electron chi connectivity index (χ1n) is 4.19. The fourth-order valence-electron chi connectivity index (χ4n) is 0.833. The highest BCUT2D eigenvalue weighted by Gasteiger charge is 1.83. The maximum absolute atomic E-state index is 8.13. The van der Waals surface area contributed by atoms with Gasteiger partial charge in [-0.1, -0.05) is 26.2 Å². The fraction of sp³-hybridized carbons (Fsp3) is 0.667. The lowest BCUT2D eigenvalue weighted by atomic mass is 10.2. The Morgan fingerprint density at radius 3 is 2.82 bits per heavy atom. The molecule has 0 radical (unpaired) electrons. The summed E-state index contributed by atoms with van der Waals surface area (Å²) in [4.78, 5) is 0. The van der Waals surface area contributed by atoms with E-state index in [4.69, 9.17) is 5.26 Å². The van der Waals surface area contributed by atoms with Crippen molar-refractivity contribution >= 4 is 0 Å². The molecule has 0 aromatic heterocycles. The van der Waals surface area contributed by atoms with Gasteiger partial charge in [-0.25, -0.2) is 0 Å². The van der Waals surface area contributed by atoms with Crippen LogP contribution in [0.1, 0.15) is 32.6 Å². The highest BCUT2D eigenvalue weighted by Crippen LogP contribution is 1.96. The van der Waals surface area contributed by atoms with Gasteiger partial charge in [0.25, 0.3) is 0 Å². The highest BCUT2D eigenvalue weighted by atomic mass is 14.8. The molecule has 0 aromatic rings. The van der Waals surface area contributed by atoms with Gasteiger partial charge in [-0.3, -0.25) is 0 Å². The average molecular weight is 152 g/mol. The van der Waals surface area contributed by atoms with E-state index in [0.717, 1.165) is 6.54 Å². The lowest BCUT2D eigenvalue weighted by Crippen LogP contribution is -2.05. The molecule has 0 aliphatic heterocycles. The molecule has 2 heteroatoms. The number of nitrogens with one attached hydrogen (secondary N) is 1. The maximum Gasteiger partial charge on any atom is 0.0927 e. The summed E-state index contributed by atoms with van der Waals surface area (Å²) in [6.07, 6.45) is 8.22. The molecule has 0 fully saturated rings. The van der Waals surface area contributed by atoms with Crippen LogP contribution in [0.5, 0.6) is 0 Å². The van der Waals surface area contributed by atoms with Crippen LogP contribution in [0.15, 0.2) is 12.3 Å². The topological polar surface area (TPSA) is 35.8 Å². The summed E-state index contributed by atoms with van der Waals surface area (Å²) in [5.41, 5.74) is 0. The van der Waals surface area contributed by atoms with Crippen LogP contribution in [-0.2, 0) is 0 Å². The summed E-state index contributed by atoms with van der Waals surface area (Å²) in [5.74, 6) is 0. The Balaban J connectivity index is 2.92. The van der Waals surface area contributed by atoms with Gasteiger partial charge >= 0.3 is 0 Å².